The first-order chi connectivity index (χ1) is 8.74. The van der Waals surface area contributed by atoms with Gasteiger partial charge in [0, 0.05) is 0 Å². The zero-order chi connectivity index (χ0) is 12.8. The van der Waals surface area contributed by atoms with Crippen molar-refractivity contribution in [2.45, 2.75) is 32.6 Å². The van der Waals surface area contributed by atoms with Crippen LogP contribution in [0, 0.1) is 12.8 Å². The van der Waals surface area contributed by atoms with Crippen LogP contribution in [0.4, 0.5) is 0 Å². The Morgan fingerprint density at radius 3 is 2.78 bits per heavy atom. The van der Waals surface area contributed by atoms with Gasteiger partial charge in [-0.1, -0.05) is 12.1 Å². The molecule has 0 amide bonds. The highest BCUT2D eigenvalue weighted by molar-refractivity contribution is 5.27. The number of hydrogen-bond donors (Lipinski definition) is 0. The van der Waals surface area contributed by atoms with Gasteiger partial charge in [0.1, 0.15) is 5.75 Å². The Morgan fingerprint density at radius 2 is 2.06 bits per heavy atom. The van der Waals surface area contributed by atoms with Crippen LogP contribution in [-0.4, -0.2) is 31.6 Å². The van der Waals surface area contributed by atoms with Crippen molar-refractivity contribution in [3.05, 3.63) is 29.8 Å². The number of ether oxygens (including phenoxy) is 1. The maximum Gasteiger partial charge on any atom is 0.119 e. The third-order valence-electron chi connectivity index (χ3n) is 3.85. The van der Waals surface area contributed by atoms with Crippen LogP contribution >= 0.6 is 0 Å². The summed E-state index contributed by atoms with van der Waals surface area (Å²) in [6.07, 6.45) is 5.23. The molecule has 0 aromatic heterocycles. The molecule has 0 bridgehead atoms. The molecule has 100 valence electrons. The molecule has 1 aliphatic rings. The van der Waals surface area contributed by atoms with Crippen molar-refractivity contribution in [3.8, 4) is 5.75 Å². The molecular weight excluding hydrogens is 222 g/mol. The Labute approximate surface area is 111 Å². The Kier molecular flexibility index (Phi) is 5.06. The lowest BCUT2D eigenvalue weighted by atomic mass is 9.93. The summed E-state index contributed by atoms with van der Waals surface area (Å²) >= 11 is 0. The average molecular weight is 247 g/mol. The van der Waals surface area contributed by atoms with Crippen LogP contribution in [0.15, 0.2) is 24.3 Å². The van der Waals surface area contributed by atoms with E-state index in [2.05, 4.69) is 37.1 Å². The molecule has 0 aliphatic carbocycles. The lowest BCUT2D eigenvalue weighted by Gasteiger charge is -2.28. The standard InChI is InChI=1S/C16H25NO/c1-14-5-3-7-16(13-14)18-12-4-6-15-8-10-17(2)11-9-15/h3,5,7,13,15H,4,6,8-12H2,1-2H3. The molecule has 0 unspecified atom stereocenters. The first-order valence-corrected chi connectivity index (χ1v) is 7.12. The number of benzene rings is 1. The van der Waals surface area contributed by atoms with E-state index in [1.807, 2.05) is 6.07 Å². The Morgan fingerprint density at radius 1 is 1.28 bits per heavy atom. The van der Waals surface area contributed by atoms with Crippen LogP contribution in [0.25, 0.3) is 0 Å². The normalized spacial score (nSPS) is 17.9. The summed E-state index contributed by atoms with van der Waals surface area (Å²) in [5, 5.41) is 0. The summed E-state index contributed by atoms with van der Waals surface area (Å²) in [6.45, 7) is 5.49. The quantitative estimate of drug-likeness (QED) is 0.738. The van der Waals surface area contributed by atoms with Gasteiger partial charge >= 0.3 is 0 Å². The molecule has 0 saturated carbocycles. The molecule has 0 spiro atoms. The fraction of sp³-hybridized carbons (Fsp3) is 0.625. The molecule has 0 radical (unpaired) electrons. The summed E-state index contributed by atoms with van der Waals surface area (Å²) in [6, 6.07) is 8.31. The monoisotopic (exact) mass is 247 g/mol. The van der Waals surface area contributed by atoms with Crippen molar-refractivity contribution in [2.24, 2.45) is 5.92 Å². The lowest BCUT2D eigenvalue weighted by Crippen LogP contribution is -2.30. The molecule has 2 heteroatoms. The van der Waals surface area contributed by atoms with Gasteiger partial charge in [0.2, 0.25) is 0 Å². The first-order valence-electron chi connectivity index (χ1n) is 7.12. The van der Waals surface area contributed by atoms with E-state index in [0.29, 0.717) is 0 Å². The minimum absolute atomic E-state index is 0.857. The van der Waals surface area contributed by atoms with Gasteiger partial charge in [-0.3, -0.25) is 0 Å². The molecule has 1 aromatic carbocycles. The van der Waals surface area contributed by atoms with Gasteiger partial charge in [-0.05, 0) is 76.4 Å². The first kappa shape index (κ1) is 13.4. The van der Waals surface area contributed by atoms with Gasteiger partial charge < -0.3 is 9.64 Å². The van der Waals surface area contributed by atoms with Gasteiger partial charge in [0.05, 0.1) is 6.61 Å². The van der Waals surface area contributed by atoms with Crippen molar-refractivity contribution in [2.75, 3.05) is 26.7 Å². The molecule has 1 fully saturated rings. The fourth-order valence-corrected chi connectivity index (χ4v) is 2.62. The van der Waals surface area contributed by atoms with Gasteiger partial charge in [-0.2, -0.15) is 0 Å². The maximum absolute atomic E-state index is 5.79. The van der Waals surface area contributed by atoms with E-state index in [-0.39, 0.29) is 0 Å². The Hall–Kier alpha value is -1.02. The van der Waals surface area contributed by atoms with Crippen molar-refractivity contribution >= 4 is 0 Å². The molecule has 1 heterocycles. The lowest BCUT2D eigenvalue weighted by molar-refractivity contribution is 0.200. The van der Waals surface area contributed by atoms with E-state index in [1.54, 1.807) is 0 Å². The second-order valence-electron chi connectivity index (χ2n) is 5.55. The second-order valence-corrected chi connectivity index (χ2v) is 5.55. The Balaban J connectivity index is 1.61. The van der Waals surface area contributed by atoms with Crippen LogP contribution in [0.1, 0.15) is 31.2 Å². The number of hydrogen-bond acceptors (Lipinski definition) is 2. The van der Waals surface area contributed by atoms with Crippen LogP contribution in [0.5, 0.6) is 5.75 Å². The van der Waals surface area contributed by atoms with Crippen LogP contribution in [0.2, 0.25) is 0 Å². The third kappa shape index (κ3) is 4.34. The molecule has 2 rings (SSSR count). The fourth-order valence-electron chi connectivity index (χ4n) is 2.62. The van der Waals surface area contributed by atoms with E-state index in [1.165, 1.54) is 44.3 Å². The largest absolute Gasteiger partial charge is 0.494 e. The molecule has 1 saturated heterocycles. The summed E-state index contributed by atoms with van der Waals surface area (Å²) in [5.41, 5.74) is 1.27. The van der Waals surface area contributed by atoms with Gasteiger partial charge in [-0.15, -0.1) is 0 Å². The predicted octanol–water partition coefficient (Wildman–Crippen LogP) is 3.50. The van der Waals surface area contributed by atoms with Crippen molar-refractivity contribution < 1.29 is 4.74 Å². The minimum Gasteiger partial charge on any atom is -0.494 e. The summed E-state index contributed by atoms with van der Waals surface area (Å²) < 4.78 is 5.79. The van der Waals surface area contributed by atoms with Gasteiger partial charge in [-0.25, -0.2) is 0 Å². The predicted molar refractivity (Wildman–Crippen MR) is 76.1 cm³/mol. The highest BCUT2D eigenvalue weighted by Gasteiger charge is 2.15. The number of piperidine rings is 1. The average Bonchev–Trinajstić information content (AvgIpc) is 2.37. The molecule has 18 heavy (non-hydrogen) atoms. The van der Waals surface area contributed by atoms with Crippen LogP contribution < -0.4 is 4.74 Å². The third-order valence-corrected chi connectivity index (χ3v) is 3.85. The van der Waals surface area contributed by atoms with Gasteiger partial charge in [0.15, 0.2) is 0 Å². The highest BCUT2D eigenvalue weighted by Crippen LogP contribution is 2.21. The minimum atomic E-state index is 0.857. The highest BCUT2D eigenvalue weighted by atomic mass is 16.5. The summed E-state index contributed by atoms with van der Waals surface area (Å²) in [7, 11) is 2.22. The molecule has 0 N–H and O–H groups in total. The van der Waals surface area contributed by atoms with Crippen molar-refractivity contribution in [1.82, 2.24) is 4.90 Å². The molecule has 1 aromatic rings. The summed E-state index contributed by atoms with van der Waals surface area (Å²) in [5.74, 6) is 1.93. The maximum atomic E-state index is 5.79. The molecule has 1 aliphatic heterocycles. The van der Waals surface area contributed by atoms with E-state index in [9.17, 15) is 0 Å². The zero-order valence-corrected chi connectivity index (χ0v) is 11.7. The summed E-state index contributed by atoms with van der Waals surface area (Å²) in [4.78, 5) is 2.43. The topological polar surface area (TPSA) is 12.5 Å². The molecule has 2 nitrogen and oxygen atoms in total. The zero-order valence-electron chi connectivity index (χ0n) is 11.7. The van der Waals surface area contributed by atoms with Crippen LogP contribution in [-0.2, 0) is 0 Å². The van der Waals surface area contributed by atoms with Crippen molar-refractivity contribution in [1.29, 1.82) is 0 Å². The second kappa shape index (κ2) is 6.79. The molecular formula is C16H25NO. The number of likely N-dealkylation sites (tertiary alicyclic amines) is 1. The number of nitrogens with zero attached hydrogens (tertiary/aromatic N) is 1. The van der Waals surface area contributed by atoms with Crippen LogP contribution in [0.3, 0.4) is 0 Å². The SMILES string of the molecule is Cc1cccc(OCCCC2CCN(C)CC2)c1. The Bertz CT molecular complexity index is 356. The van der Waals surface area contributed by atoms with E-state index >= 15 is 0 Å². The smallest absolute Gasteiger partial charge is 0.119 e. The van der Waals surface area contributed by atoms with Crippen molar-refractivity contribution in [3.63, 3.8) is 0 Å². The number of rotatable bonds is 5. The van der Waals surface area contributed by atoms with E-state index in [0.717, 1.165) is 18.3 Å². The van der Waals surface area contributed by atoms with Gasteiger partial charge in [0.25, 0.3) is 0 Å². The molecule has 0 atom stereocenters. The van der Waals surface area contributed by atoms with E-state index < -0.39 is 0 Å². The van der Waals surface area contributed by atoms with E-state index in [4.69, 9.17) is 4.74 Å². The number of aryl methyl sites for hydroxylation is 1.